The summed E-state index contributed by atoms with van der Waals surface area (Å²) in [4.78, 5) is 11.7. The Kier molecular flexibility index (Phi) is 5.85. The Labute approximate surface area is 123 Å². The van der Waals surface area contributed by atoms with Gasteiger partial charge < -0.3 is 4.74 Å². The Bertz CT molecular complexity index is 438. The average Bonchev–Trinajstić information content (AvgIpc) is 2.27. The lowest BCUT2D eigenvalue weighted by atomic mass is 10.1. The van der Waals surface area contributed by atoms with E-state index >= 15 is 0 Å². The minimum absolute atomic E-state index is 0.413. The molecule has 0 aliphatic rings. The Balaban J connectivity index is 2.67. The standard InChI is InChI=1S/C15H22BrNO2/c1-11-10-12(6-5-9-16)7-8-13(11)17-14(18)19-15(2,3)4/h7-8,10H,5-6,9H2,1-4H3,(H,17,18). The Morgan fingerprint density at radius 2 is 2.05 bits per heavy atom. The van der Waals surface area contributed by atoms with Crippen molar-refractivity contribution < 1.29 is 9.53 Å². The molecule has 1 aromatic rings. The number of hydrogen-bond donors (Lipinski definition) is 1. The van der Waals surface area contributed by atoms with Crippen LogP contribution < -0.4 is 5.32 Å². The van der Waals surface area contributed by atoms with E-state index in [2.05, 4.69) is 27.3 Å². The summed E-state index contributed by atoms with van der Waals surface area (Å²) in [5.74, 6) is 0. The second kappa shape index (κ2) is 6.94. The highest BCUT2D eigenvalue weighted by atomic mass is 79.9. The van der Waals surface area contributed by atoms with Gasteiger partial charge in [-0.05, 0) is 57.7 Å². The first-order valence-electron chi connectivity index (χ1n) is 6.47. The zero-order valence-electron chi connectivity index (χ0n) is 12.0. The van der Waals surface area contributed by atoms with Crippen LogP contribution in [-0.2, 0) is 11.2 Å². The van der Waals surface area contributed by atoms with Crippen LogP contribution in [0.2, 0.25) is 0 Å². The van der Waals surface area contributed by atoms with Crippen molar-refractivity contribution in [1.82, 2.24) is 0 Å². The molecule has 1 rings (SSSR count). The van der Waals surface area contributed by atoms with Crippen molar-refractivity contribution in [2.45, 2.75) is 46.1 Å². The van der Waals surface area contributed by atoms with E-state index in [1.165, 1.54) is 5.56 Å². The van der Waals surface area contributed by atoms with E-state index in [1.807, 2.05) is 39.8 Å². The highest BCUT2D eigenvalue weighted by molar-refractivity contribution is 9.09. The van der Waals surface area contributed by atoms with Crippen molar-refractivity contribution in [2.75, 3.05) is 10.6 Å². The molecule has 0 saturated heterocycles. The number of aryl methyl sites for hydroxylation is 2. The number of nitrogens with one attached hydrogen (secondary N) is 1. The molecule has 0 radical (unpaired) electrons. The summed E-state index contributed by atoms with van der Waals surface area (Å²) >= 11 is 3.43. The van der Waals surface area contributed by atoms with Gasteiger partial charge in [0, 0.05) is 11.0 Å². The molecular weight excluding hydrogens is 306 g/mol. The van der Waals surface area contributed by atoms with Crippen LogP contribution in [0.1, 0.15) is 38.3 Å². The number of carbonyl (C=O) groups excluding carboxylic acids is 1. The number of hydrogen-bond acceptors (Lipinski definition) is 2. The molecule has 0 atom stereocenters. The number of carbonyl (C=O) groups is 1. The van der Waals surface area contributed by atoms with Gasteiger partial charge >= 0.3 is 6.09 Å². The van der Waals surface area contributed by atoms with Crippen molar-refractivity contribution >= 4 is 27.7 Å². The van der Waals surface area contributed by atoms with Crippen LogP contribution in [0.15, 0.2) is 18.2 Å². The smallest absolute Gasteiger partial charge is 0.412 e. The minimum atomic E-state index is -0.478. The molecule has 0 bridgehead atoms. The van der Waals surface area contributed by atoms with Gasteiger partial charge in [0.05, 0.1) is 0 Å². The molecule has 3 nitrogen and oxygen atoms in total. The van der Waals surface area contributed by atoms with Gasteiger partial charge in [-0.25, -0.2) is 4.79 Å². The summed E-state index contributed by atoms with van der Waals surface area (Å²) in [7, 11) is 0. The zero-order valence-corrected chi connectivity index (χ0v) is 13.6. The molecule has 0 saturated carbocycles. The number of ether oxygens (including phenoxy) is 1. The summed E-state index contributed by atoms with van der Waals surface area (Å²) in [6, 6.07) is 6.08. The van der Waals surface area contributed by atoms with Crippen LogP contribution in [0.4, 0.5) is 10.5 Å². The highest BCUT2D eigenvalue weighted by Gasteiger charge is 2.16. The summed E-state index contributed by atoms with van der Waals surface area (Å²) in [6.07, 6.45) is 1.74. The van der Waals surface area contributed by atoms with E-state index in [4.69, 9.17) is 4.74 Å². The summed E-state index contributed by atoms with van der Waals surface area (Å²) in [6.45, 7) is 7.54. The number of rotatable bonds is 4. The molecule has 19 heavy (non-hydrogen) atoms. The lowest BCUT2D eigenvalue weighted by Gasteiger charge is -2.20. The fourth-order valence-corrected chi connectivity index (χ4v) is 1.99. The van der Waals surface area contributed by atoms with E-state index in [1.54, 1.807) is 0 Å². The van der Waals surface area contributed by atoms with E-state index in [0.717, 1.165) is 29.4 Å². The third-order valence-electron chi connectivity index (χ3n) is 2.53. The van der Waals surface area contributed by atoms with Crippen molar-refractivity contribution in [1.29, 1.82) is 0 Å². The fourth-order valence-electron chi connectivity index (χ4n) is 1.71. The van der Waals surface area contributed by atoms with Gasteiger partial charge in [0.25, 0.3) is 0 Å². The first-order chi connectivity index (χ1) is 8.81. The second-order valence-electron chi connectivity index (χ2n) is 5.57. The number of alkyl halides is 1. The van der Waals surface area contributed by atoms with Crippen LogP contribution in [-0.4, -0.2) is 17.0 Å². The van der Waals surface area contributed by atoms with Gasteiger partial charge in [0.2, 0.25) is 0 Å². The predicted octanol–water partition coefficient (Wildman–Crippen LogP) is 4.67. The van der Waals surface area contributed by atoms with Crippen LogP contribution in [0, 0.1) is 6.92 Å². The first-order valence-corrected chi connectivity index (χ1v) is 7.59. The monoisotopic (exact) mass is 327 g/mol. The number of benzene rings is 1. The van der Waals surface area contributed by atoms with Crippen LogP contribution in [0.25, 0.3) is 0 Å². The maximum Gasteiger partial charge on any atom is 0.412 e. The molecule has 0 unspecified atom stereocenters. The molecule has 0 aliphatic carbocycles. The lowest BCUT2D eigenvalue weighted by Crippen LogP contribution is -2.27. The van der Waals surface area contributed by atoms with Gasteiger partial charge in [-0.3, -0.25) is 5.32 Å². The normalized spacial score (nSPS) is 11.2. The molecule has 4 heteroatoms. The molecule has 0 aromatic heterocycles. The SMILES string of the molecule is Cc1cc(CCCBr)ccc1NC(=O)OC(C)(C)C. The number of amides is 1. The second-order valence-corrected chi connectivity index (χ2v) is 6.36. The molecule has 0 heterocycles. The average molecular weight is 328 g/mol. The van der Waals surface area contributed by atoms with Gasteiger partial charge in [-0.15, -0.1) is 0 Å². The van der Waals surface area contributed by atoms with E-state index in [9.17, 15) is 4.79 Å². The molecule has 0 aliphatic heterocycles. The van der Waals surface area contributed by atoms with Crippen molar-refractivity contribution in [3.63, 3.8) is 0 Å². The molecule has 0 fully saturated rings. The van der Waals surface area contributed by atoms with Crippen LogP contribution >= 0.6 is 15.9 Å². The molecular formula is C15H22BrNO2. The van der Waals surface area contributed by atoms with Crippen molar-refractivity contribution in [2.24, 2.45) is 0 Å². The summed E-state index contributed by atoms with van der Waals surface area (Å²) in [5.41, 5.74) is 2.66. The minimum Gasteiger partial charge on any atom is -0.444 e. The number of anilines is 1. The van der Waals surface area contributed by atoms with Gasteiger partial charge in [-0.2, -0.15) is 0 Å². The van der Waals surface area contributed by atoms with Crippen molar-refractivity contribution in [3.8, 4) is 0 Å². The Morgan fingerprint density at radius 3 is 2.58 bits per heavy atom. The largest absolute Gasteiger partial charge is 0.444 e. The molecule has 106 valence electrons. The maximum atomic E-state index is 11.7. The Hall–Kier alpha value is -1.03. The molecule has 1 N–H and O–H groups in total. The maximum absolute atomic E-state index is 11.7. The van der Waals surface area contributed by atoms with Gasteiger partial charge in [-0.1, -0.05) is 28.1 Å². The molecule has 1 aromatic carbocycles. The Morgan fingerprint density at radius 1 is 1.37 bits per heavy atom. The third kappa shape index (κ3) is 6.10. The van der Waals surface area contributed by atoms with E-state index in [0.29, 0.717) is 0 Å². The third-order valence-corrected chi connectivity index (χ3v) is 3.09. The number of halogens is 1. The van der Waals surface area contributed by atoms with E-state index in [-0.39, 0.29) is 0 Å². The van der Waals surface area contributed by atoms with Crippen molar-refractivity contribution in [3.05, 3.63) is 29.3 Å². The molecule has 1 amide bonds. The fraction of sp³-hybridized carbons (Fsp3) is 0.533. The van der Waals surface area contributed by atoms with Crippen LogP contribution in [0.3, 0.4) is 0 Å². The molecule has 0 spiro atoms. The summed E-state index contributed by atoms with van der Waals surface area (Å²) in [5, 5.41) is 3.78. The lowest BCUT2D eigenvalue weighted by molar-refractivity contribution is 0.0636. The first kappa shape index (κ1) is 16.0. The van der Waals surface area contributed by atoms with Crippen LogP contribution in [0.5, 0.6) is 0 Å². The summed E-state index contributed by atoms with van der Waals surface area (Å²) < 4.78 is 5.24. The zero-order chi connectivity index (χ0) is 14.5. The van der Waals surface area contributed by atoms with Gasteiger partial charge in [0.15, 0.2) is 0 Å². The van der Waals surface area contributed by atoms with E-state index < -0.39 is 11.7 Å². The predicted molar refractivity (Wildman–Crippen MR) is 83.2 cm³/mol. The topological polar surface area (TPSA) is 38.3 Å². The highest BCUT2D eigenvalue weighted by Crippen LogP contribution is 2.19. The quantitative estimate of drug-likeness (QED) is 0.816. The van der Waals surface area contributed by atoms with Gasteiger partial charge in [0.1, 0.15) is 5.60 Å².